The van der Waals surface area contributed by atoms with Crippen LogP contribution in [0.5, 0.6) is 0 Å². The monoisotopic (exact) mass is 438 g/mol. The zero-order valence-electron chi connectivity index (χ0n) is 19.3. The smallest absolute Gasteiger partial charge is 0.312 e. The fourth-order valence-corrected chi connectivity index (χ4v) is 5.43. The van der Waals surface area contributed by atoms with E-state index in [0.717, 1.165) is 19.3 Å². The highest BCUT2D eigenvalue weighted by Crippen LogP contribution is 2.53. The number of Topliss-reactive ketones (excluding diaryl/α,β-unsaturated/α-hetero) is 1. The summed E-state index contributed by atoms with van der Waals surface area (Å²) in [6.45, 7) is 12.4. The van der Waals surface area contributed by atoms with E-state index in [-0.39, 0.29) is 30.3 Å². The maximum atomic E-state index is 13.4. The molecule has 0 aromatic carbocycles. The van der Waals surface area contributed by atoms with Gasteiger partial charge in [0.1, 0.15) is 17.5 Å². The van der Waals surface area contributed by atoms with Crippen molar-refractivity contribution in [2.45, 2.75) is 103 Å². The molecule has 3 rings (SSSR count). The molecular formula is C24H38O7. The first-order valence-corrected chi connectivity index (χ1v) is 11.5. The minimum absolute atomic E-state index is 0.00885. The summed E-state index contributed by atoms with van der Waals surface area (Å²) in [7, 11) is 0. The molecule has 7 heteroatoms. The van der Waals surface area contributed by atoms with Crippen LogP contribution in [0.4, 0.5) is 0 Å². The van der Waals surface area contributed by atoms with Gasteiger partial charge < -0.3 is 24.8 Å². The average molecular weight is 439 g/mol. The first-order chi connectivity index (χ1) is 14.3. The van der Waals surface area contributed by atoms with Crippen LogP contribution in [0, 0.1) is 23.2 Å². The van der Waals surface area contributed by atoms with Crippen LogP contribution < -0.4 is 0 Å². The quantitative estimate of drug-likeness (QED) is 0.326. The summed E-state index contributed by atoms with van der Waals surface area (Å²) in [4.78, 5) is 26.4. The third-order valence-electron chi connectivity index (χ3n) is 8.00. The first kappa shape index (κ1) is 24.4. The fraction of sp³-hybridized carbons (Fsp3) is 0.833. The zero-order chi connectivity index (χ0) is 23.3. The van der Waals surface area contributed by atoms with E-state index in [0.29, 0.717) is 12.0 Å². The third kappa shape index (κ3) is 4.22. The van der Waals surface area contributed by atoms with E-state index < -0.39 is 47.1 Å². The van der Waals surface area contributed by atoms with Crippen molar-refractivity contribution in [3.8, 4) is 0 Å². The van der Waals surface area contributed by atoms with Gasteiger partial charge in [0.25, 0.3) is 0 Å². The number of hydrogen-bond acceptors (Lipinski definition) is 7. The van der Waals surface area contributed by atoms with Crippen molar-refractivity contribution in [2.24, 2.45) is 23.2 Å². The molecule has 0 amide bonds. The molecule has 9 atom stereocenters. The summed E-state index contributed by atoms with van der Waals surface area (Å²) < 4.78 is 11.5. The van der Waals surface area contributed by atoms with Crippen molar-refractivity contribution in [3.63, 3.8) is 0 Å². The summed E-state index contributed by atoms with van der Waals surface area (Å²) in [5.74, 6) is -2.91. The molecule has 0 aromatic heterocycles. The fourth-order valence-electron chi connectivity index (χ4n) is 5.43. The van der Waals surface area contributed by atoms with Crippen molar-refractivity contribution in [2.75, 3.05) is 0 Å². The van der Waals surface area contributed by atoms with Crippen molar-refractivity contribution in [1.29, 1.82) is 0 Å². The summed E-state index contributed by atoms with van der Waals surface area (Å²) in [5.41, 5.74) is -2.73. The number of aliphatic hydroxyl groups excluding tert-OH is 2. The van der Waals surface area contributed by atoms with Crippen LogP contribution in [0.2, 0.25) is 0 Å². The molecular weight excluding hydrogens is 400 g/mol. The standard InChI is InChI=1S/C24H38O7/c1-12(2)17-11-18-16(30-18)9-7-8-13(3)20(26)14(4)21(27)23(5,6)24(29)15(10-19(24)25)22(28)31-17/h13-20,25-26,29H,1,7-11H2,2-6H3/t13-,14+,15?,16+,17-,18-,19?,20-,24+/m0/s1. The molecule has 2 saturated heterocycles. The van der Waals surface area contributed by atoms with Crippen LogP contribution in [0.25, 0.3) is 0 Å². The third-order valence-corrected chi connectivity index (χ3v) is 8.00. The van der Waals surface area contributed by atoms with E-state index in [9.17, 15) is 24.9 Å². The maximum absolute atomic E-state index is 13.4. The molecule has 3 aliphatic rings. The Hall–Kier alpha value is -1.28. The lowest BCUT2D eigenvalue weighted by Gasteiger charge is -2.56. The van der Waals surface area contributed by atoms with Gasteiger partial charge in [0.15, 0.2) is 0 Å². The first-order valence-electron chi connectivity index (χ1n) is 11.5. The molecule has 2 heterocycles. The van der Waals surface area contributed by atoms with Gasteiger partial charge in [0, 0.05) is 12.3 Å². The molecule has 0 radical (unpaired) electrons. The van der Waals surface area contributed by atoms with Gasteiger partial charge in [-0.2, -0.15) is 0 Å². The van der Waals surface area contributed by atoms with Crippen molar-refractivity contribution in [1.82, 2.24) is 0 Å². The Morgan fingerprint density at radius 3 is 2.32 bits per heavy atom. The Kier molecular flexibility index (Phi) is 6.74. The van der Waals surface area contributed by atoms with Gasteiger partial charge in [0.05, 0.1) is 35.7 Å². The Bertz CT molecular complexity index is 731. The topological polar surface area (TPSA) is 117 Å². The predicted molar refractivity (Wildman–Crippen MR) is 114 cm³/mol. The molecule has 0 spiro atoms. The largest absolute Gasteiger partial charge is 0.457 e. The van der Waals surface area contributed by atoms with Crippen LogP contribution >= 0.6 is 0 Å². The van der Waals surface area contributed by atoms with Crippen molar-refractivity contribution in [3.05, 3.63) is 12.2 Å². The van der Waals surface area contributed by atoms with E-state index in [1.807, 2.05) is 6.92 Å². The number of esters is 1. The number of fused-ring (bicyclic) bond motifs is 2. The van der Waals surface area contributed by atoms with E-state index in [4.69, 9.17) is 9.47 Å². The highest BCUT2D eigenvalue weighted by atomic mass is 16.6. The van der Waals surface area contributed by atoms with Gasteiger partial charge in [-0.25, -0.2) is 0 Å². The van der Waals surface area contributed by atoms with Gasteiger partial charge in [-0.1, -0.05) is 26.8 Å². The summed E-state index contributed by atoms with van der Waals surface area (Å²) in [5, 5.41) is 32.7. The van der Waals surface area contributed by atoms with Crippen LogP contribution in [0.1, 0.15) is 66.7 Å². The van der Waals surface area contributed by atoms with Gasteiger partial charge >= 0.3 is 5.97 Å². The Morgan fingerprint density at radius 1 is 1.10 bits per heavy atom. The predicted octanol–water partition coefficient (Wildman–Crippen LogP) is 2.16. The molecule has 3 fully saturated rings. The van der Waals surface area contributed by atoms with Crippen molar-refractivity contribution < 1.29 is 34.4 Å². The molecule has 2 unspecified atom stereocenters. The molecule has 0 aromatic rings. The molecule has 0 bridgehead atoms. The minimum atomic E-state index is -1.96. The van der Waals surface area contributed by atoms with Gasteiger partial charge in [-0.3, -0.25) is 9.59 Å². The number of aliphatic hydroxyl groups is 3. The number of carbonyl (C=O) groups excluding carboxylic acids is 2. The highest BCUT2D eigenvalue weighted by Gasteiger charge is 2.68. The molecule has 7 nitrogen and oxygen atoms in total. The number of cyclic esters (lactones) is 1. The van der Waals surface area contributed by atoms with E-state index in [2.05, 4.69) is 6.58 Å². The van der Waals surface area contributed by atoms with Crippen molar-refractivity contribution >= 4 is 11.8 Å². The van der Waals surface area contributed by atoms with Gasteiger partial charge in [-0.05, 0) is 51.5 Å². The van der Waals surface area contributed by atoms with Crippen LogP contribution in [0.3, 0.4) is 0 Å². The maximum Gasteiger partial charge on any atom is 0.312 e. The van der Waals surface area contributed by atoms with E-state index in [1.165, 1.54) is 13.8 Å². The van der Waals surface area contributed by atoms with Gasteiger partial charge in [0.2, 0.25) is 0 Å². The summed E-state index contributed by atoms with van der Waals surface area (Å²) in [6.07, 6.45) is 0.396. The Balaban J connectivity index is 1.91. The number of epoxide rings is 1. The van der Waals surface area contributed by atoms with Crippen LogP contribution in [-0.4, -0.2) is 63.2 Å². The van der Waals surface area contributed by atoms with E-state index >= 15 is 0 Å². The molecule has 176 valence electrons. The molecule has 1 saturated carbocycles. The average Bonchev–Trinajstić information content (AvgIpc) is 3.45. The lowest BCUT2D eigenvalue weighted by molar-refractivity contribution is -0.250. The molecule has 3 N–H and O–H groups in total. The summed E-state index contributed by atoms with van der Waals surface area (Å²) in [6, 6.07) is 0. The molecule has 31 heavy (non-hydrogen) atoms. The lowest BCUT2D eigenvalue weighted by atomic mass is 9.52. The number of hydrogen-bond donors (Lipinski definition) is 3. The zero-order valence-corrected chi connectivity index (χ0v) is 19.3. The second-order valence-electron chi connectivity index (χ2n) is 10.5. The number of ether oxygens (including phenoxy) is 2. The number of rotatable bonds is 1. The Labute approximate surface area is 184 Å². The Morgan fingerprint density at radius 2 is 1.74 bits per heavy atom. The number of ketones is 1. The van der Waals surface area contributed by atoms with Crippen LogP contribution in [-0.2, 0) is 19.1 Å². The van der Waals surface area contributed by atoms with Crippen LogP contribution in [0.15, 0.2) is 12.2 Å². The summed E-state index contributed by atoms with van der Waals surface area (Å²) >= 11 is 0. The normalized spacial score (nSPS) is 46.2. The lowest BCUT2D eigenvalue weighted by Crippen LogP contribution is -2.72. The SMILES string of the molecule is C=C(C)[C@@H]1C[C@@H]2O[C@@H]2CCC[C@H](C)[C@H](O)[C@@H](C)C(=O)C(C)(C)[C@]2(O)C(O)CC2C(=O)O1. The number of carbonyl (C=O) groups is 2. The van der Waals surface area contributed by atoms with E-state index in [1.54, 1.807) is 13.8 Å². The minimum Gasteiger partial charge on any atom is -0.457 e. The van der Waals surface area contributed by atoms with Gasteiger partial charge in [-0.15, -0.1) is 0 Å². The molecule has 1 aliphatic carbocycles. The second kappa shape index (κ2) is 8.58. The highest BCUT2D eigenvalue weighted by molar-refractivity contribution is 5.90. The second-order valence-corrected chi connectivity index (χ2v) is 10.5. The molecule has 2 aliphatic heterocycles.